The zero-order valence-electron chi connectivity index (χ0n) is 16.5. The molecule has 0 spiro atoms. The number of halogens is 4. The van der Waals surface area contributed by atoms with Crippen molar-refractivity contribution >= 4 is 11.6 Å². The Labute approximate surface area is 178 Å². The SMILES string of the molecule is FC(F)(F)CN1CC(N2Cc3cc(Cl)ccc3-n3c(nnc3C3CCNCC3)C2)C1. The molecule has 3 aliphatic rings. The van der Waals surface area contributed by atoms with E-state index in [9.17, 15) is 13.2 Å². The van der Waals surface area contributed by atoms with Crippen LogP contribution in [0.1, 0.15) is 36.0 Å². The van der Waals surface area contributed by atoms with Gasteiger partial charge in [-0.1, -0.05) is 11.6 Å². The van der Waals surface area contributed by atoms with E-state index in [2.05, 4.69) is 25.0 Å². The number of nitrogens with one attached hydrogen (secondary N) is 1. The topological polar surface area (TPSA) is 49.2 Å². The highest BCUT2D eigenvalue weighted by Gasteiger charge is 2.40. The molecule has 30 heavy (non-hydrogen) atoms. The van der Waals surface area contributed by atoms with E-state index in [1.807, 2.05) is 18.2 Å². The van der Waals surface area contributed by atoms with Crippen molar-refractivity contribution in [3.05, 3.63) is 40.4 Å². The van der Waals surface area contributed by atoms with Gasteiger partial charge in [-0.05, 0) is 49.7 Å². The van der Waals surface area contributed by atoms with Gasteiger partial charge in [0.25, 0.3) is 0 Å². The highest BCUT2D eigenvalue weighted by Crippen LogP contribution is 2.34. The lowest BCUT2D eigenvalue weighted by Crippen LogP contribution is -2.60. The van der Waals surface area contributed by atoms with Crippen LogP contribution < -0.4 is 5.32 Å². The third-order valence-corrected chi connectivity index (χ3v) is 6.55. The largest absolute Gasteiger partial charge is 0.401 e. The van der Waals surface area contributed by atoms with Gasteiger partial charge in [0.15, 0.2) is 5.82 Å². The third kappa shape index (κ3) is 3.95. The molecule has 0 bridgehead atoms. The van der Waals surface area contributed by atoms with Crippen LogP contribution in [0.3, 0.4) is 0 Å². The van der Waals surface area contributed by atoms with E-state index in [0.717, 1.165) is 48.8 Å². The monoisotopic (exact) mass is 440 g/mol. The molecule has 10 heteroatoms. The molecule has 2 saturated heterocycles. The van der Waals surface area contributed by atoms with Crippen LogP contribution in [-0.2, 0) is 13.1 Å². The van der Waals surface area contributed by atoms with Crippen molar-refractivity contribution < 1.29 is 13.2 Å². The standard InChI is InChI=1S/C20H24ClF3N6/c21-15-1-2-17-14(7-15)8-29(16-9-28(10-16)12-20(22,23)24)11-18-26-27-19(30(17)18)13-3-5-25-6-4-13/h1-2,7,13,16,25H,3-6,8-12H2. The Kier molecular flexibility index (Phi) is 5.25. The van der Waals surface area contributed by atoms with E-state index in [0.29, 0.717) is 37.1 Å². The molecular formula is C20H24ClF3N6. The van der Waals surface area contributed by atoms with Crippen LogP contribution in [0.2, 0.25) is 5.02 Å². The maximum Gasteiger partial charge on any atom is 0.401 e. The first kappa shape index (κ1) is 20.2. The Balaban J connectivity index is 1.44. The van der Waals surface area contributed by atoms with Gasteiger partial charge in [0.05, 0.1) is 18.8 Å². The average Bonchev–Trinajstić information content (AvgIpc) is 3.00. The molecule has 2 fully saturated rings. The third-order valence-electron chi connectivity index (χ3n) is 6.32. The molecule has 162 valence electrons. The van der Waals surface area contributed by atoms with Gasteiger partial charge in [-0.25, -0.2) is 0 Å². The summed E-state index contributed by atoms with van der Waals surface area (Å²) in [6.07, 6.45) is -2.13. The van der Waals surface area contributed by atoms with Crippen molar-refractivity contribution in [1.29, 1.82) is 0 Å². The van der Waals surface area contributed by atoms with Crippen molar-refractivity contribution in [1.82, 2.24) is 29.9 Å². The number of hydrogen-bond donors (Lipinski definition) is 1. The molecule has 0 atom stereocenters. The predicted molar refractivity (Wildman–Crippen MR) is 107 cm³/mol. The maximum absolute atomic E-state index is 12.7. The summed E-state index contributed by atoms with van der Waals surface area (Å²) >= 11 is 6.29. The van der Waals surface area contributed by atoms with Crippen LogP contribution in [0.5, 0.6) is 0 Å². The summed E-state index contributed by atoms with van der Waals surface area (Å²) in [5, 5.41) is 13.1. The molecule has 1 N–H and O–H groups in total. The van der Waals surface area contributed by atoms with E-state index in [1.165, 1.54) is 4.90 Å². The quantitative estimate of drug-likeness (QED) is 0.795. The van der Waals surface area contributed by atoms with Gasteiger partial charge in [0.2, 0.25) is 0 Å². The first-order valence-electron chi connectivity index (χ1n) is 10.3. The van der Waals surface area contributed by atoms with Crippen molar-refractivity contribution in [2.75, 3.05) is 32.7 Å². The molecule has 0 amide bonds. The van der Waals surface area contributed by atoms with Crippen molar-refractivity contribution in [2.24, 2.45) is 0 Å². The minimum atomic E-state index is -4.16. The van der Waals surface area contributed by atoms with E-state index in [1.54, 1.807) is 0 Å². The van der Waals surface area contributed by atoms with Crippen LogP contribution in [0.25, 0.3) is 5.69 Å². The minimum absolute atomic E-state index is 0.0600. The van der Waals surface area contributed by atoms with E-state index < -0.39 is 12.7 Å². The molecule has 3 aliphatic heterocycles. The van der Waals surface area contributed by atoms with Gasteiger partial charge in [0.1, 0.15) is 5.82 Å². The van der Waals surface area contributed by atoms with Gasteiger partial charge in [-0.15, -0.1) is 10.2 Å². The summed E-state index contributed by atoms with van der Waals surface area (Å²) in [5.74, 6) is 2.16. The fraction of sp³-hybridized carbons (Fsp3) is 0.600. The van der Waals surface area contributed by atoms with Crippen LogP contribution >= 0.6 is 11.6 Å². The van der Waals surface area contributed by atoms with Gasteiger partial charge in [0, 0.05) is 36.6 Å². The number of fused-ring (bicyclic) bond motifs is 3. The molecule has 0 saturated carbocycles. The zero-order valence-corrected chi connectivity index (χ0v) is 17.3. The second-order valence-corrected chi connectivity index (χ2v) is 8.91. The number of likely N-dealkylation sites (tertiary alicyclic amines) is 1. The van der Waals surface area contributed by atoms with Crippen LogP contribution in [0.15, 0.2) is 18.2 Å². The predicted octanol–water partition coefficient (Wildman–Crippen LogP) is 2.95. The normalized spacial score (nSPS) is 21.7. The van der Waals surface area contributed by atoms with Crippen molar-refractivity contribution in [3.63, 3.8) is 0 Å². The van der Waals surface area contributed by atoms with Crippen LogP contribution in [-0.4, -0.2) is 69.5 Å². The molecule has 0 aliphatic carbocycles. The summed E-state index contributed by atoms with van der Waals surface area (Å²) in [4.78, 5) is 3.65. The lowest BCUT2D eigenvalue weighted by Gasteiger charge is -2.45. The highest BCUT2D eigenvalue weighted by atomic mass is 35.5. The van der Waals surface area contributed by atoms with Gasteiger partial charge in [-0.2, -0.15) is 13.2 Å². The minimum Gasteiger partial charge on any atom is -0.317 e. The summed E-state index contributed by atoms with van der Waals surface area (Å²) in [6.45, 7) is 3.09. The number of nitrogens with zero attached hydrogens (tertiary/aromatic N) is 5. The van der Waals surface area contributed by atoms with E-state index in [4.69, 9.17) is 11.6 Å². The Hall–Kier alpha value is -1.68. The van der Waals surface area contributed by atoms with E-state index >= 15 is 0 Å². The fourth-order valence-electron chi connectivity index (χ4n) is 4.81. The van der Waals surface area contributed by atoms with Gasteiger partial charge < -0.3 is 5.32 Å². The Bertz CT molecular complexity index is 918. The average molecular weight is 441 g/mol. The molecule has 0 unspecified atom stereocenters. The Morgan fingerprint density at radius 1 is 1.10 bits per heavy atom. The molecule has 1 aromatic heterocycles. The number of piperidine rings is 1. The summed E-state index contributed by atoms with van der Waals surface area (Å²) in [6, 6.07) is 5.90. The molecule has 5 rings (SSSR count). The van der Waals surface area contributed by atoms with Crippen LogP contribution in [0, 0.1) is 0 Å². The molecule has 0 radical (unpaired) electrons. The zero-order chi connectivity index (χ0) is 20.9. The second kappa shape index (κ2) is 7.78. The maximum atomic E-state index is 12.7. The first-order valence-corrected chi connectivity index (χ1v) is 10.7. The smallest absolute Gasteiger partial charge is 0.317 e. The lowest BCUT2D eigenvalue weighted by molar-refractivity contribution is -0.161. The van der Waals surface area contributed by atoms with Gasteiger partial charge in [-0.3, -0.25) is 14.4 Å². The van der Waals surface area contributed by atoms with Crippen LogP contribution in [0.4, 0.5) is 13.2 Å². The summed E-state index contributed by atoms with van der Waals surface area (Å²) in [5.41, 5.74) is 2.09. The molecule has 4 heterocycles. The highest BCUT2D eigenvalue weighted by molar-refractivity contribution is 6.30. The van der Waals surface area contributed by atoms with Gasteiger partial charge >= 0.3 is 6.18 Å². The fourth-order valence-corrected chi connectivity index (χ4v) is 5.00. The second-order valence-electron chi connectivity index (χ2n) is 8.48. The number of rotatable bonds is 3. The number of aromatic nitrogens is 3. The Morgan fingerprint density at radius 2 is 1.87 bits per heavy atom. The van der Waals surface area contributed by atoms with Crippen molar-refractivity contribution in [3.8, 4) is 5.69 Å². The summed E-state index contributed by atoms with van der Waals surface area (Å²) in [7, 11) is 0. The number of benzene rings is 1. The van der Waals surface area contributed by atoms with E-state index in [-0.39, 0.29) is 6.04 Å². The van der Waals surface area contributed by atoms with Crippen molar-refractivity contribution in [2.45, 2.75) is 44.1 Å². The molecular weight excluding hydrogens is 417 g/mol. The molecule has 2 aromatic rings. The lowest BCUT2D eigenvalue weighted by atomic mass is 9.97. The number of hydrogen-bond acceptors (Lipinski definition) is 5. The molecule has 6 nitrogen and oxygen atoms in total. The molecule has 1 aromatic carbocycles. The first-order chi connectivity index (χ1) is 14.4. The summed E-state index contributed by atoms with van der Waals surface area (Å²) < 4.78 is 40.2. The Morgan fingerprint density at radius 3 is 2.60 bits per heavy atom. The number of alkyl halides is 3.